The summed E-state index contributed by atoms with van der Waals surface area (Å²) in [5.74, 6) is 0. The average Bonchev–Trinajstić information content (AvgIpc) is 2.96. The standard InChI is InChI=1S/C18H25N5O/c1-18(2,3)16-6-7-17(24)23(21-16)13-15-5-4-10-22(15)12-14-8-9-19-20-11-14/h6-9,11,15H,4-5,10,12-13H2,1-3H3. The smallest absolute Gasteiger partial charge is 0.266 e. The van der Waals surface area contributed by atoms with Crippen LogP contribution in [0.15, 0.2) is 35.4 Å². The summed E-state index contributed by atoms with van der Waals surface area (Å²) in [6.07, 6.45) is 5.77. The molecular weight excluding hydrogens is 302 g/mol. The van der Waals surface area contributed by atoms with Gasteiger partial charge in [0.1, 0.15) is 0 Å². The zero-order valence-corrected chi connectivity index (χ0v) is 14.6. The topological polar surface area (TPSA) is 63.9 Å². The number of likely N-dealkylation sites (tertiary alicyclic amines) is 1. The van der Waals surface area contributed by atoms with Gasteiger partial charge in [-0.1, -0.05) is 20.8 Å². The van der Waals surface area contributed by atoms with Gasteiger partial charge in [0.15, 0.2) is 0 Å². The van der Waals surface area contributed by atoms with Gasteiger partial charge >= 0.3 is 0 Å². The maximum Gasteiger partial charge on any atom is 0.266 e. The second-order valence-corrected chi connectivity index (χ2v) is 7.51. The molecule has 0 bridgehead atoms. The third-order valence-electron chi connectivity index (χ3n) is 4.55. The molecule has 128 valence electrons. The fourth-order valence-corrected chi connectivity index (χ4v) is 3.14. The van der Waals surface area contributed by atoms with Crippen molar-refractivity contribution in [1.82, 2.24) is 24.9 Å². The van der Waals surface area contributed by atoms with E-state index >= 15 is 0 Å². The highest BCUT2D eigenvalue weighted by atomic mass is 16.1. The Morgan fingerprint density at radius 1 is 1.21 bits per heavy atom. The second kappa shape index (κ2) is 6.81. The van der Waals surface area contributed by atoms with Crippen molar-refractivity contribution in [2.75, 3.05) is 6.54 Å². The summed E-state index contributed by atoms with van der Waals surface area (Å²) in [7, 11) is 0. The van der Waals surface area contributed by atoms with Gasteiger partial charge in [-0.25, -0.2) is 4.68 Å². The molecule has 1 atom stereocenters. The van der Waals surface area contributed by atoms with Gasteiger partial charge in [-0.2, -0.15) is 15.3 Å². The highest BCUT2D eigenvalue weighted by molar-refractivity contribution is 5.11. The molecule has 1 aliphatic heterocycles. The minimum absolute atomic E-state index is 0.0274. The van der Waals surface area contributed by atoms with E-state index in [1.807, 2.05) is 12.1 Å². The van der Waals surface area contributed by atoms with Gasteiger partial charge in [-0.15, -0.1) is 0 Å². The van der Waals surface area contributed by atoms with E-state index in [4.69, 9.17) is 0 Å². The summed E-state index contributed by atoms with van der Waals surface area (Å²) in [6.45, 7) is 8.86. The summed E-state index contributed by atoms with van der Waals surface area (Å²) in [5, 5.41) is 12.4. The largest absolute Gasteiger partial charge is 0.294 e. The summed E-state index contributed by atoms with van der Waals surface area (Å²) in [5.41, 5.74) is 2.01. The van der Waals surface area contributed by atoms with Crippen LogP contribution >= 0.6 is 0 Å². The van der Waals surface area contributed by atoms with Crippen LogP contribution in [0.25, 0.3) is 0 Å². The van der Waals surface area contributed by atoms with Crippen LogP contribution in [-0.4, -0.2) is 37.5 Å². The highest BCUT2D eigenvalue weighted by Crippen LogP contribution is 2.22. The molecule has 2 aromatic rings. The molecule has 24 heavy (non-hydrogen) atoms. The van der Waals surface area contributed by atoms with E-state index in [1.54, 1.807) is 23.1 Å². The molecule has 0 spiro atoms. The molecule has 0 saturated carbocycles. The molecule has 6 heteroatoms. The molecule has 1 aliphatic rings. The third-order valence-corrected chi connectivity index (χ3v) is 4.55. The Hall–Kier alpha value is -2.08. The van der Waals surface area contributed by atoms with Crippen LogP contribution in [-0.2, 0) is 18.5 Å². The van der Waals surface area contributed by atoms with Crippen molar-refractivity contribution in [3.05, 3.63) is 52.2 Å². The normalized spacial score (nSPS) is 18.9. The van der Waals surface area contributed by atoms with Crippen LogP contribution < -0.4 is 5.56 Å². The first kappa shape index (κ1) is 16.8. The predicted octanol–water partition coefficient (Wildman–Crippen LogP) is 2.00. The zero-order chi connectivity index (χ0) is 17.2. The van der Waals surface area contributed by atoms with Gasteiger partial charge in [0, 0.05) is 30.3 Å². The monoisotopic (exact) mass is 327 g/mol. The first-order valence-electron chi connectivity index (χ1n) is 8.52. The van der Waals surface area contributed by atoms with Crippen molar-refractivity contribution in [1.29, 1.82) is 0 Å². The van der Waals surface area contributed by atoms with Crippen LogP contribution in [0, 0.1) is 0 Å². The molecular formula is C18H25N5O. The SMILES string of the molecule is CC(C)(C)c1ccc(=O)n(CC2CCCN2Cc2ccnnc2)n1. The molecule has 1 unspecified atom stereocenters. The van der Waals surface area contributed by atoms with Gasteiger partial charge in [0.25, 0.3) is 5.56 Å². The molecule has 0 aliphatic carbocycles. The molecule has 1 saturated heterocycles. The molecule has 0 amide bonds. The minimum Gasteiger partial charge on any atom is -0.294 e. The number of nitrogens with zero attached hydrogens (tertiary/aromatic N) is 5. The lowest BCUT2D eigenvalue weighted by molar-refractivity contribution is 0.215. The van der Waals surface area contributed by atoms with Crippen LogP contribution in [0.4, 0.5) is 0 Å². The van der Waals surface area contributed by atoms with Crippen molar-refractivity contribution in [3.8, 4) is 0 Å². The Morgan fingerprint density at radius 2 is 2.04 bits per heavy atom. The van der Waals surface area contributed by atoms with E-state index in [2.05, 4.69) is 41.0 Å². The number of hydrogen-bond donors (Lipinski definition) is 0. The fraction of sp³-hybridized carbons (Fsp3) is 0.556. The zero-order valence-electron chi connectivity index (χ0n) is 14.6. The Bertz CT molecular complexity index is 735. The van der Waals surface area contributed by atoms with Gasteiger partial charge in [0.2, 0.25) is 0 Å². The quantitative estimate of drug-likeness (QED) is 0.859. The van der Waals surface area contributed by atoms with Crippen molar-refractivity contribution >= 4 is 0 Å². The van der Waals surface area contributed by atoms with Crippen molar-refractivity contribution in [2.24, 2.45) is 0 Å². The van der Waals surface area contributed by atoms with Gasteiger partial charge in [-0.05, 0) is 37.1 Å². The average molecular weight is 327 g/mol. The van der Waals surface area contributed by atoms with E-state index < -0.39 is 0 Å². The van der Waals surface area contributed by atoms with Crippen LogP contribution in [0.1, 0.15) is 44.9 Å². The van der Waals surface area contributed by atoms with E-state index in [0.717, 1.165) is 37.2 Å². The lowest BCUT2D eigenvalue weighted by Gasteiger charge is -2.25. The molecule has 6 nitrogen and oxygen atoms in total. The molecule has 0 N–H and O–H groups in total. The molecule has 3 heterocycles. The predicted molar refractivity (Wildman–Crippen MR) is 92.7 cm³/mol. The van der Waals surface area contributed by atoms with E-state index in [-0.39, 0.29) is 11.0 Å². The van der Waals surface area contributed by atoms with Gasteiger partial charge in [-0.3, -0.25) is 9.69 Å². The van der Waals surface area contributed by atoms with Crippen LogP contribution in [0.3, 0.4) is 0 Å². The number of hydrogen-bond acceptors (Lipinski definition) is 5. The summed E-state index contributed by atoms with van der Waals surface area (Å²) in [6, 6.07) is 5.80. The lowest BCUT2D eigenvalue weighted by atomic mass is 9.92. The minimum atomic E-state index is -0.0620. The van der Waals surface area contributed by atoms with Crippen molar-refractivity contribution in [3.63, 3.8) is 0 Å². The Kier molecular flexibility index (Phi) is 4.76. The second-order valence-electron chi connectivity index (χ2n) is 7.51. The molecule has 0 aromatic carbocycles. The number of aromatic nitrogens is 4. The summed E-state index contributed by atoms with van der Waals surface area (Å²) >= 11 is 0. The highest BCUT2D eigenvalue weighted by Gasteiger charge is 2.26. The van der Waals surface area contributed by atoms with E-state index in [0.29, 0.717) is 12.6 Å². The third kappa shape index (κ3) is 3.87. The molecule has 0 radical (unpaired) electrons. The first-order chi connectivity index (χ1) is 11.4. The van der Waals surface area contributed by atoms with Crippen LogP contribution in [0.5, 0.6) is 0 Å². The fourth-order valence-electron chi connectivity index (χ4n) is 3.14. The Balaban J connectivity index is 1.76. The first-order valence-corrected chi connectivity index (χ1v) is 8.52. The van der Waals surface area contributed by atoms with E-state index in [9.17, 15) is 4.79 Å². The summed E-state index contributed by atoms with van der Waals surface area (Å²) in [4.78, 5) is 14.6. The van der Waals surface area contributed by atoms with Crippen LogP contribution in [0.2, 0.25) is 0 Å². The van der Waals surface area contributed by atoms with Crippen molar-refractivity contribution in [2.45, 2.75) is 58.2 Å². The summed E-state index contributed by atoms with van der Waals surface area (Å²) < 4.78 is 1.63. The molecule has 1 fully saturated rings. The molecule has 2 aromatic heterocycles. The number of rotatable bonds is 4. The lowest BCUT2D eigenvalue weighted by Crippen LogP contribution is -2.37. The maximum atomic E-state index is 12.2. The van der Waals surface area contributed by atoms with Gasteiger partial charge in [0.05, 0.1) is 18.4 Å². The Morgan fingerprint density at radius 3 is 2.75 bits per heavy atom. The Labute approximate surface area is 142 Å². The van der Waals surface area contributed by atoms with E-state index in [1.165, 1.54) is 0 Å². The molecule has 3 rings (SSSR count). The van der Waals surface area contributed by atoms with Gasteiger partial charge < -0.3 is 0 Å². The van der Waals surface area contributed by atoms with Crippen molar-refractivity contribution < 1.29 is 0 Å². The maximum absolute atomic E-state index is 12.2.